The normalized spacial score (nSPS) is 13.3. The van der Waals surface area contributed by atoms with Gasteiger partial charge in [0.25, 0.3) is 0 Å². The van der Waals surface area contributed by atoms with E-state index in [0.717, 1.165) is 5.56 Å². The maximum Gasteiger partial charge on any atom is 0.429 e. The molecule has 1 atom stereocenters. The zero-order valence-corrected chi connectivity index (χ0v) is 13.9. The fraction of sp³-hybridized carbons (Fsp3) is 0.0909. The molecule has 132 valence electrons. The standard InChI is InChI=1S/C22H17F3O/c23-22(24,25)21(19-14-8-3-9-15-19)26-20(18-12-6-2-7-13-18)16-17-10-4-1-5-11-17/h1-16,21H/b20-16+. The van der Waals surface area contributed by atoms with Crippen molar-refractivity contribution in [3.63, 3.8) is 0 Å². The van der Waals surface area contributed by atoms with Crippen LogP contribution in [-0.4, -0.2) is 6.18 Å². The molecule has 0 N–H and O–H groups in total. The highest BCUT2D eigenvalue weighted by molar-refractivity contribution is 5.77. The first kappa shape index (κ1) is 17.8. The van der Waals surface area contributed by atoms with Gasteiger partial charge in [-0.1, -0.05) is 91.0 Å². The largest absolute Gasteiger partial charge is 0.476 e. The Labute approximate surface area is 150 Å². The van der Waals surface area contributed by atoms with Crippen LogP contribution in [0, 0.1) is 0 Å². The van der Waals surface area contributed by atoms with E-state index in [1.165, 1.54) is 12.1 Å². The van der Waals surface area contributed by atoms with E-state index in [0.29, 0.717) is 5.56 Å². The highest BCUT2D eigenvalue weighted by Gasteiger charge is 2.43. The zero-order valence-electron chi connectivity index (χ0n) is 13.9. The number of hydrogen-bond donors (Lipinski definition) is 0. The Hall–Kier alpha value is -3.01. The maximum absolute atomic E-state index is 13.7. The summed E-state index contributed by atoms with van der Waals surface area (Å²) in [5.41, 5.74) is 1.41. The molecule has 3 rings (SSSR count). The van der Waals surface area contributed by atoms with Crippen molar-refractivity contribution in [2.45, 2.75) is 12.3 Å². The van der Waals surface area contributed by atoms with Crippen molar-refractivity contribution in [2.24, 2.45) is 0 Å². The third-order valence-electron chi connectivity index (χ3n) is 3.80. The van der Waals surface area contributed by atoms with Crippen LogP contribution in [0.4, 0.5) is 13.2 Å². The molecule has 0 aromatic heterocycles. The van der Waals surface area contributed by atoms with Crippen LogP contribution in [0.1, 0.15) is 22.8 Å². The van der Waals surface area contributed by atoms with E-state index in [4.69, 9.17) is 4.74 Å². The molecule has 1 unspecified atom stereocenters. The van der Waals surface area contributed by atoms with E-state index in [2.05, 4.69) is 0 Å². The van der Waals surface area contributed by atoms with Crippen LogP contribution in [0.5, 0.6) is 0 Å². The van der Waals surface area contributed by atoms with E-state index in [1.54, 1.807) is 48.5 Å². The first-order chi connectivity index (χ1) is 12.5. The molecule has 0 saturated carbocycles. The molecular weight excluding hydrogens is 337 g/mol. The van der Waals surface area contributed by atoms with E-state index < -0.39 is 12.3 Å². The molecule has 0 saturated heterocycles. The monoisotopic (exact) mass is 354 g/mol. The summed E-state index contributed by atoms with van der Waals surface area (Å²) >= 11 is 0. The molecule has 3 aromatic rings. The second-order valence-corrected chi connectivity index (χ2v) is 5.74. The van der Waals surface area contributed by atoms with Gasteiger partial charge in [0.2, 0.25) is 6.10 Å². The molecule has 0 spiro atoms. The summed E-state index contributed by atoms with van der Waals surface area (Å²) in [6.07, 6.45) is -4.96. The van der Waals surface area contributed by atoms with Gasteiger partial charge in [-0.15, -0.1) is 0 Å². The first-order valence-electron chi connectivity index (χ1n) is 8.14. The number of alkyl halides is 3. The van der Waals surface area contributed by atoms with Crippen molar-refractivity contribution in [2.75, 3.05) is 0 Å². The predicted molar refractivity (Wildman–Crippen MR) is 97.1 cm³/mol. The Bertz CT molecular complexity index is 841. The van der Waals surface area contributed by atoms with E-state index in [9.17, 15) is 13.2 Å². The number of benzene rings is 3. The highest BCUT2D eigenvalue weighted by Crippen LogP contribution is 2.39. The van der Waals surface area contributed by atoms with Crippen molar-refractivity contribution in [1.82, 2.24) is 0 Å². The molecule has 0 bridgehead atoms. The van der Waals surface area contributed by atoms with Crippen LogP contribution in [0.3, 0.4) is 0 Å². The van der Waals surface area contributed by atoms with E-state index >= 15 is 0 Å². The average molecular weight is 354 g/mol. The minimum Gasteiger partial charge on any atom is -0.476 e. The third kappa shape index (κ3) is 4.54. The van der Waals surface area contributed by atoms with Crippen molar-refractivity contribution in [3.05, 3.63) is 108 Å². The van der Waals surface area contributed by atoms with Gasteiger partial charge in [0.1, 0.15) is 5.76 Å². The highest BCUT2D eigenvalue weighted by atomic mass is 19.4. The number of halogens is 3. The Morgan fingerprint density at radius 3 is 1.77 bits per heavy atom. The summed E-state index contributed by atoms with van der Waals surface area (Å²) in [5.74, 6) is 0.169. The minimum absolute atomic E-state index is 0.0647. The van der Waals surface area contributed by atoms with Crippen molar-refractivity contribution < 1.29 is 17.9 Å². The fourth-order valence-electron chi connectivity index (χ4n) is 2.57. The Morgan fingerprint density at radius 2 is 1.23 bits per heavy atom. The molecule has 0 heterocycles. The van der Waals surface area contributed by atoms with Crippen LogP contribution >= 0.6 is 0 Å². The maximum atomic E-state index is 13.7. The first-order valence-corrected chi connectivity index (χ1v) is 8.14. The molecule has 3 aromatic carbocycles. The summed E-state index contributed by atoms with van der Waals surface area (Å²) in [7, 11) is 0. The number of ether oxygens (including phenoxy) is 1. The zero-order chi connectivity index (χ0) is 18.4. The molecule has 4 heteroatoms. The fourth-order valence-corrected chi connectivity index (χ4v) is 2.57. The van der Waals surface area contributed by atoms with Gasteiger partial charge in [-0.05, 0) is 11.6 Å². The summed E-state index contributed by atoms with van der Waals surface area (Å²) in [5, 5.41) is 0. The summed E-state index contributed by atoms with van der Waals surface area (Å²) in [6.45, 7) is 0. The van der Waals surface area contributed by atoms with Crippen LogP contribution in [0.25, 0.3) is 11.8 Å². The molecule has 0 aliphatic heterocycles. The average Bonchev–Trinajstić information content (AvgIpc) is 2.66. The smallest absolute Gasteiger partial charge is 0.429 e. The van der Waals surface area contributed by atoms with Gasteiger partial charge in [-0.2, -0.15) is 13.2 Å². The molecule has 0 amide bonds. The van der Waals surface area contributed by atoms with Gasteiger partial charge in [0.05, 0.1) is 0 Å². The molecule has 0 aliphatic rings. The van der Waals surface area contributed by atoms with E-state index in [-0.39, 0.29) is 11.3 Å². The Kier molecular flexibility index (Phi) is 5.42. The van der Waals surface area contributed by atoms with Gasteiger partial charge < -0.3 is 4.74 Å². The molecule has 0 fully saturated rings. The van der Waals surface area contributed by atoms with Gasteiger partial charge in [0, 0.05) is 11.1 Å². The van der Waals surface area contributed by atoms with Crippen molar-refractivity contribution in [1.29, 1.82) is 0 Å². The molecule has 0 aliphatic carbocycles. The predicted octanol–water partition coefficient (Wildman–Crippen LogP) is 6.50. The topological polar surface area (TPSA) is 9.23 Å². The molecule has 0 radical (unpaired) electrons. The van der Waals surface area contributed by atoms with Crippen LogP contribution in [-0.2, 0) is 4.74 Å². The number of hydrogen-bond acceptors (Lipinski definition) is 1. The Morgan fingerprint density at radius 1 is 0.731 bits per heavy atom. The molecule has 1 nitrogen and oxygen atoms in total. The second-order valence-electron chi connectivity index (χ2n) is 5.74. The lowest BCUT2D eigenvalue weighted by atomic mass is 10.1. The van der Waals surface area contributed by atoms with Gasteiger partial charge in [0.15, 0.2) is 0 Å². The minimum atomic E-state index is -4.54. The molecule has 26 heavy (non-hydrogen) atoms. The van der Waals surface area contributed by atoms with Gasteiger partial charge >= 0.3 is 6.18 Å². The van der Waals surface area contributed by atoms with Crippen molar-refractivity contribution in [3.8, 4) is 0 Å². The lowest BCUT2D eigenvalue weighted by Crippen LogP contribution is -2.23. The Balaban J connectivity index is 2.02. The lowest BCUT2D eigenvalue weighted by Gasteiger charge is -2.24. The van der Waals surface area contributed by atoms with Crippen LogP contribution in [0.2, 0.25) is 0 Å². The second kappa shape index (κ2) is 7.91. The SMILES string of the molecule is FC(F)(F)C(O/C(=C/c1ccccc1)c1ccccc1)c1ccccc1. The van der Waals surface area contributed by atoms with Gasteiger partial charge in [-0.25, -0.2) is 0 Å². The lowest BCUT2D eigenvalue weighted by molar-refractivity contribution is -0.204. The summed E-state index contributed by atoms with van der Waals surface area (Å²) in [4.78, 5) is 0. The molecular formula is C22H17F3O. The summed E-state index contributed by atoms with van der Waals surface area (Å²) in [6, 6.07) is 25.6. The van der Waals surface area contributed by atoms with Crippen molar-refractivity contribution >= 4 is 11.8 Å². The number of rotatable bonds is 5. The van der Waals surface area contributed by atoms with Gasteiger partial charge in [-0.3, -0.25) is 0 Å². The van der Waals surface area contributed by atoms with E-state index in [1.807, 2.05) is 36.4 Å². The quantitative estimate of drug-likeness (QED) is 0.375. The third-order valence-corrected chi connectivity index (χ3v) is 3.80. The summed E-state index contributed by atoms with van der Waals surface area (Å²) < 4.78 is 46.5. The van der Waals surface area contributed by atoms with Crippen LogP contribution < -0.4 is 0 Å². The van der Waals surface area contributed by atoms with Crippen LogP contribution in [0.15, 0.2) is 91.0 Å².